The maximum absolute atomic E-state index is 12.6. The van der Waals surface area contributed by atoms with Crippen molar-refractivity contribution in [3.05, 3.63) is 35.4 Å². The summed E-state index contributed by atoms with van der Waals surface area (Å²) < 4.78 is 0. The fourth-order valence-corrected chi connectivity index (χ4v) is 2.87. The predicted molar refractivity (Wildman–Crippen MR) is 76.7 cm³/mol. The molecule has 2 rings (SSSR count). The van der Waals surface area contributed by atoms with Crippen LogP contribution in [0.25, 0.3) is 0 Å². The van der Waals surface area contributed by atoms with E-state index in [1.54, 1.807) is 29.2 Å². The highest BCUT2D eigenvalue weighted by atomic mass is 16.4. The number of carbonyl (C=O) groups excluding carboxylic acids is 1. The third-order valence-corrected chi connectivity index (χ3v) is 4.03. The Morgan fingerprint density at radius 3 is 2.50 bits per heavy atom. The lowest BCUT2D eigenvalue weighted by molar-refractivity contribution is -0.136. The summed E-state index contributed by atoms with van der Waals surface area (Å²) >= 11 is 0. The zero-order valence-corrected chi connectivity index (χ0v) is 11.8. The quantitative estimate of drug-likeness (QED) is 0.919. The highest BCUT2D eigenvalue weighted by molar-refractivity contribution is 5.96. The maximum atomic E-state index is 12.6. The highest BCUT2D eigenvalue weighted by Gasteiger charge is 2.24. The van der Waals surface area contributed by atoms with Crippen molar-refractivity contribution in [3.63, 3.8) is 0 Å². The molecule has 0 saturated heterocycles. The molecule has 0 heterocycles. The van der Waals surface area contributed by atoms with E-state index in [1.807, 2.05) is 7.05 Å². The molecule has 0 aromatic heterocycles. The third-order valence-electron chi connectivity index (χ3n) is 4.03. The van der Waals surface area contributed by atoms with Gasteiger partial charge in [0.1, 0.15) is 0 Å². The second kappa shape index (κ2) is 6.55. The van der Waals surface area contributed by atoms with Gasteiger partial charge in [0, 0.05) is 18.7 Å². The number of hydrogen-bond acceptors (Lipinski definition) is 2. The number of nitrogens with zero attached hydrogens (tertiary/aromatic N) is 1. The van der Waals surface area contributed by atoms with Crippen LogP contribution in [-0.2, 0) is 11.2 Å². The number of rotatable bonds is 4. The fraction of sp³-hybridized carbons (Fsp3) is 0.500. The van der Waals surface area contributed by atoms with Crippen LogP contribution in [0.1, 0.15) is 48.0 Å². The maximum Gasteiger partial charge on any atom is 0.307 e. The number of aliphatic carboxylic acids is 1. The zero-order chi connectivity index (χ0) is 14.5. The summed E-state index contributed by atoms with van der Waals surface area (Å²) in [6, 6.07) is 7.29. The molecule has 1 aliphatic rings. The molecule has 4 nitrogen and oxygen atoms in total. The van der Waals surface area contributed by atoms with E-state index < -0.39 is 5.97 Å². The summed E-state index contributed by atoms with van der Waals surface area (Å²) in [5.41, 5.74) is 1.11. The van der Waals surface area contributed by atoms with Crippen molar-refractivity contribution in [1.82, 2.24) is 4.90 Å². The van der Waals surface area contributed by atoms with E-state index in [0.29, 0.717) is 11.1 Å². The molecular weight excluding hydrogens is 254 g/mol. The van der Waals surface area contributed by atoms with Crippen molar-refractivity contribution < 1.29 is 14.7 Å². The molecule has 4 heteroatoms. The van der Waals surface area contributed by atoms with Gasteiger partial charge >= 0.3 is 5.97 Å². The molecule has 1 aliphatic carbocycles. The number of hydrogen-bond donors (Lipinski definition) is 1. The van der Waals surface area contributed by atoms with Gasteiger partial charge in [-0.2, -0.15) is 0 Å². The number of carbonyl (C=O) groups is 2. The molecule has 0 bridgehead atoms. The molecule has 1 amide bonds. The molecule has 1 saturated carbocycles. The summed E-state index contributed by atoms with van der Waals surface area (Å²) in [5, 5.41) is 8.94. The Labute approximate surface area is 119 Å². The van der Waals surface area contributed by atoms with Gasteiger partial charge in [0.25, 0.3) is 5.91 Å². The van der Waals surface area contributed by atoms with Gasteiger partial charge in [0.05, 0.1) is 6.42 Å². The summed E-state index contributed by atoms with van der Waals surface area (Å²) in [5.74, 6) is -0.973. The van der Waals surface area contributed by atoms with Gasteiger partial charge in [-0.1, -0.05) is 37.5 Å². The second-order valence-corrected chi connectivity index (χ2v) is 5.44. The second-order valence-electron chi connectivity index (χ2n) is 5.44. The average molecular weight is 275 g/mol. The number of carboxylic acid groups (broad SMARTS) is 1. The van der Waals surface area contributed by atoms with Crippen molar-refractivity contribution in [2.75, 3.05) is 7.05 Å². The Hall–Kier alpha value is -1.84. The van der Waals surface area contributed by atoms with E-state index in [-0.39, 0.29) is 18.4 Å². The lowest BCUT2D eigenvalue weighted by Crippen LogP contribution is -2.38. The Morgan fingerprint density at radius 1 is 1.20 bits per heavy atom. The van der Waals surface area contributed by atoms with Crippen molar-refractivity contribution in [2.24, 2.45) is 0 Å². The first-order valence-electron chi connectivity index (χ1n) is 7.16. The van der Waals surface area contributed by atoms with E-state index in [4.69, 9.17) is 5.11 Å². The lowest BCUT2D eigenvalue weighted by atomic mass is 9.93. The van der Waals surface area contributed by atoms with Crippen molar-refractivity contribution in [3.8, 4) is 0 Å². The van der Waals surface area contributed by atoms with Gasteiger partial charge in [-0.15, -0.1) is 0 Å². The Kier molecular flexibility index (Phi) is 4.77. The van der Waals surface area contributed by atoms with Gasteiger partial charge in [-0.3, -0.25) is 9.59 Å². The van der Waals surface area contributed by atoms with Crippen LogP contribution in [0.15, 0.2) is 24.3 Å². The van der Waals surface area contributed by atoms with Crippen LogP contribution in [0.4, 0.5) is 0 Å². The molecule has 0 aliphatic heterocycles. The van der Waals surface area contributed by atoms with E-state index in [0.717, 1.165) is 12.8 Å². The average Bonchev–Trinajstić information content (AvgIpc) is 2.46. The zero-order valence-electron chi connectivity index (χ0n) is 11.8. The topological polar surface area (TPSA) is 57.6 Å². The van der Waals surface area contributed by atoms with Crippen LogP contribution >= 0.6 is 0 Å². The molecule has 1 aromatic rings. The standard InChI is InChI=1S/C16H21NO3/c1-17(13-8-3-2-4-9-13)16(20)14-10-6-5-7-12(14)11-15(18)19/h5-7,10,13H,2-4,8-9,11H2,1H3,(H,18,19). The minimum absolute atomic E-state index is 0.0613. The number of benzene rings is 1. The van der Waals surface area contributed by atoms with Gasteiger partial charge in [-0.05, 0) is 24.5 Å². The van der Waals surface area contributed by atoms with Crippen molar-refractivity contribution >= 4 is 11.9 Å². The summed E-state index contributed by atoms with van der Waals surface area (Å²) in [6.07, 6.45) is 5.55. The van der Waals surface area contributed by atoms with Crippen LogP contribution in [0.5, 0.6) is 0 Å². The summed E-state index contributed by atoms with van der Waals surface area (Å²) in [7, 11) is 1.83. The minimum atomic E-state index is -0.912. The molecule has 1 fully saturated rings. The van der Waals surface area contributed by atoms with E-state index in [1.165, 1.54) is 19.3 Å². The van der Waals surface area contributed by atoms with Gasteiger partial charge in [-0.25, -0.2) is 0 Å². The Balaban J connectivity index is 2.17. The van der Waals surface area contributed by atoms with Crippen LogP contribution in [0.2, 0.25) is 0 Å². The van der Waals surface area contributed by atoms with Crippen molar-refractivity contribution in [1.29, 1.82) is 0 Å². The Bertz CT molecular complexity index is 492. The van der Waals surface area contributed by atoms with Crippen LogP contribution in [-0.4, -0.2) is 35.0 Å². The molecule has 0 unspecified atom stereocenters. The molecule has 1 aromatic carbocycles. The summed E-state index contributed by atoms with van der Waals surface area (Å²) in [6.45, 7) is 0. The third kappa shape index (κ3) is 3.38. The van der Waals surface area contributed by atoms with Crippen LogP contribution in [0, 0.1) is 0 Å². The molecule has 0 spiro atoms. The molecule has 0 atom stereocenters. The number of carboxylic acids is 1. The molecular formula is C16H21NO3. The van der Waals surface area contributed by atoms with Gasteiger partial charge in [0.15, 0.2) is 0 Å². The molecule has 0 radical (unpaired) electrons. The lowest BCUT2D eigenvalue weighted by Gasteiger charge is -2.31. The molecule has 1 N–H and O–H groups in total. The summed E-state index contributed by atoms with van der Waals surface area (Å²) in [4.78, 5) is 25.3. The minimum Gasteiger partial charge on any atom is -0.481 e. The normalized spacial score (nSPS) is 15.8. The molecule has 108 valence electrons. The number of amides is 1. The van der Waals surface area contributed by atoms with Crippen LogP contribution < -0.4 is 0 Å². The van der Waals surface area contributed by atoms with Crippen molar-refractivity contribution in [2.45, 2.75) is 44.6 Å². The smallest absolute Gasteiger partial charge is 0.307 e. The first-order chi connectivity index (χ1) is 9.59. The molecule has 20 heavy (non-hydrogen) atoms. The Morgan fingerprint density at radius 2 is 1.85 bits per heavy atom. The monoisotopic (exact) mass is 275 g/mol. The van der Waals surface area contributed by atoms with Crippen LogP contribution in [0.3, 0.4) is 0 Å². The first kappa shape index (κ1) is 14.6. The highest BCUT2D eigenvalue weighted by Crippen LogP contribution is 2.23. The van der Waals surface area contributed by atoms with E-state index in [2.05, 4.69) is 0 Å². The predicted octanol–water partition coefficient (Wildman–Crippen LogP) is 2.72. The van der Waals surface area contributed by atoms with Gasteiger partial charge < -0.3 is 10.0 Å². The first-order valence-corrected chi connectivity index (χ1v) is 7.16. The SMILES string of the molecule is CN(C(=O)c1ccccc1CC(=O)O)C1CCCCC1. The fourth-order valence-electron chi connectivity index (χ4n) is 2.87. The van der Waals surface area contributed by atoms with Gasteiger partial charge in [0.2, 0.25) is 0 Å². The van der Waals surface area contributed by atoms with E-state index in [9.17, 15) is 9.59 Å². The largest absolute Gasteiger partial charge is 0.481 e. The van der Waals surface area contributed by atoms with E-state index >= 15 is 0 Å².